The first-order valence-corrected chi connectivity index (χ1v) is 6.58. The number of pyridine rings is 1. The zero-order valence-electron chi connectivity index (χ0n) is 11.3. The highest BCUT2D eigenvalue weighted by Gasteiger charge is 2.10. The van der Waals surface area contributed by atoms with Crippen LogP contribution in [0.4, 0.5) is 0 Å². The molecule has 21 heavy (non-hydrogen) atoms. The summed E-state index contributed by atoms with van der Waals surface area (Å²) < 4.78 is 0. The fraction of sp³-hybridized carbons (Fsp3) is 0.0588. The van der Waals surface area contributed by atoms with Gasteiger partial charge >= 0.3 is 0 Å². The largest absolute Gasteiger partial charge is 0.506 e. The molecule has 1 N–H and O–H groups in total. The van der Waals surface area contributed by atoms with Gasteiger partial charge < -0.3 is 5.11 Å². The van der Waals surface area contributed by atoms with Gasteiger partial charge in [-0.25, -0.2) is 0 Å². The highest BCUT2D eigenvalue weighted by molar-refractivity contribution is 6.36. The number of carbonyl (C=O) groups is 1. The van der Waals surface area contributed by atoms with Gasteiger partial charge in [0.25, 0.3) is 0 Å². The summed E-state index contributed by atoms with van der Waals surface area (Å²) in [7, 11) is 5.68. The Morgan fingerprint density at radius 1 is 1.14 bits per heavy atom. The monoisotopic (exact) mass is 273 g/mol. The number of nitrogens with zero attached hydrogens (tertiary/aromatic N) is 1. The van der Waals surface area contributed by atoms with Gasteiger partial charge in [-0.15, -0.1) is 0 Å². The van der Waals surface area contributed by atoms with Crippen LogP contribution in [0.3, 0.4) is 0 Å². The Bertz CT molecular complexity index is 816. The average Bonchev–Trinajstić information content (AvgIpc) is 2.52. The number of aromatic nitrogens is 1. The summed E-state index contributed by atoms with van der Waals surface area (Å²) in [5.74, 6) is -0.0816. The van der Waals surface area contributed by atoms with Crippen LogP contribution in [0.1, 0.15) is 21.5 Å². The van der Waals surface area contributed by atoms with E-state index in [1.54, 1.807) is 6.20 Å². The van der Waals surface area contributed by atoms with E-state index in [-0.39, 0.29) is 11.2 Å². The summed E-state index contributed by atoms with van der Waals surface area (Å²) in [5.41, 5.74) is 3.08. The molecular formula is C17H12BNO2. The molecule has 1 aromatic heterocycles. The Labute approximate surface area is 123 Å². The second-order valence-corrected chi connectivity index (χ2v) is 4.92. The third kappa shape index (κ3) is 2.52. The van der Waals surface area contributed by atoms with E-state index in [0.29, 0.717) is 22.9 Å². The molecule has 0 atom stereocenters. The molecule has 0 spiro atoms. The van der Waals surface area contributed by atoms with Crippen molar-refractivity contribution in [3.63, 3.8) is 0 Å². The number of hydrogen-bond acceptors (Lipinski definition) is 3. The van der Waals surface area contributed by atoms with Crippen LogP contribution >= 0.6 is 0 Å². The minimum absolute atomic E-state index is 0.0816. The third-order valence-corrected chi connectivity index (χ3v) is 3.44. The van der Waals surface area contributed by atoms with Crippen molar-refractivity contribution in [3.8, 4) is 5.75 Å². The fourth-order valence-electron chi connectivity index (χ4n) is 2.39. The first-order valence-electron chi connectivity index (χ1n) is 6.58. The molecule has 0 unspecified atom stereocenters. The number of hydrogen-bond donors (Lipinski definition) is 1. The lowest BCUT2D eigenvalue weighted by molar-refractivity contribution is 0.112. The highest BCUT2D eigenvalue weighted by atomic mass is 16.3. The average molecular weight is 273 g/mol. The van der Waals surface area contributed by atoms with Crippen molar-refractivity contribution in [3.05, 3.63) is 65.4 Å². The first kappa shape index (κ1) is 13.4. The second-order valence-electron chi connectivity index (χ2n) is 4.92. The molecule has 0 amide bonds. The summed E-state index contributed by atoms with van der Waals surface area (Å²) in [4.78, 5) is 15.4. The maximum Gasteiger partial charge on any atom is 0.150 e. The van der Waals surface area contributed by atoms with E-state index in [1.165, 1.54) is 6.07 Å². The smallest absolute Gasteiger partial charge is 0.150 e. The minimum atomic E-state index is -0.0816. The van der Waals surface area contributed by atoms with Gasteiger partial charge in [-0.05, 0) is 23.6 Å². The molecule has 2 aromatic carbocycles. The lowest BCUT2D eigenvalue weighted by Gasteiger charge is -2.09. The Morgan fingerprint density at radius 2 is 1.90 bits per heavy atom. The molecule has 0 saturated carbocycles. The molecule has 2 radical (unpaired) electrons. The Balaban J connectivity index is 2.11. The van der Waals surface area contributed by atoms with Crippen molar-refractivity contribution < 1.29 is 9.90 Å². The quantitative estimate of drug-likeness (QED) is 0.587. The van der Waals surface area contributed by atoms with Gasteiger partial charge in [-0.3, -0.25) is 9.78 Å². The second kappa shape index (κ2) is 5.41. The van der Waals surface area contributed by atoms with Crippen molar-refractivity contribution in [2.24, 2.45) is 0 Å². The van der Waals surface area contributed by atoms with E-state index in [2.05, 4.69) is 4.98 Å². The third-order valence-electron chi connectivity index (χ3n) is 3.44. The Hall–Kier alpha value is -2.62. The summed E-state index contributed by atoms with van der Waals surface area (Å²) in [6.45, 7) is 0. The van der Waals surface area contributed by atoms with Gasteiger partial charge in [0.05, 0.1) is 0 Å². The molecule has 3 nitrogen and oxygen atoms in total. The lowest BCUT2D eigenvalue weighted by Crippen LogP contribution is -2.06. The van der Waals surface area contributed by atoms with E-state index in [1.807, 2.05) is 36.4 Å². The number of carbonyl (C=O) groups excluding carboxylic acids is 1. The van der Waals surface area contributed by atoms with Gasteiger partial charge in [-0.2, -0.15) is 0 Å². The van der Waals surface area contributed by atoms with Crippen LogP contribution in [0.15, 0.2) is 48.7 Å². The summed E-state index contributed by atoms with van der Waals surface area (Å²) in [5, 5.41) is 10.6. The fourth-order valence-corrected chi connectivity index (χ4v) is 2.39. The standard InChI is InChI=1S/C17H12BNO2/c18-15-8-13(10-20)14-7-12(9-19-16(14)17(15)21)6-11-4-2-1-3-5-11/h1-5,7-10,21H,6H2. The molecule has 0 bridgehead atoms. The molecule has 3 rings (SSSR count). The Morgan fingerprint density at radius 3 is 2.62 bits per heavy atom. The topological polar surface area (TPSA) is 50.2 Å². The Kier molecular flexibility index (Phi) is 3.44. The highest BCUT2D eigenvalue weighted by Crippen LogP contribution is 2.24. The molecule has 100 valence electrons. The van der Waals surface area contributed by atoms with Crippen molar-refractivity contribution in [2.75, 3.05) is 0 Å². The van der Waals surface area contributed by atoms with Crippen LogP contribution in [0.25, 0.3) is 10.9 Å². The van der Waals surface area contributed by atoms with Crippen molar-refractivity contribution in [1.29, 1.82) is 0 Å². The molecule has 0 aliphatic heterocycles. The van der Waals surface area contributed by atoms with Crippen LogP contribution in [0, 0.1) is 0 Å². The van der Waals surface area contributed by atoms with E-state index in [9.17, 15) is 9.90 Å². The van der Waals surface area contributed by atoms with Gasteiger partial charge in [0.2, 0.25) is 0 Å². The lowest BCUT2D eigenvalue weighted by atomic mass is 9.90. The number of phenolic OH excluding ortho intramolecular Hbond substituents is 1. The molecule has 0 aliphatic carbocycles. The summed E-state index contributed by atoms with van der Waals surface area (Å²) in [6, 6.07) is 13.3. The van der Waals surface area contributed by atoms with Gasteiger partial charge in [0.1, 0.15) is 19.1 Å². The maximum absolute atomic E-state index is 11.2. The molecule has 4 heteroatoms. The predicted molar refractivity (Wildman–Crippen MR) is 83.4 cm³/mol. The zero-order chi connectivity index (χ0) is 14.8. The number of phenols is 1. The van der Waals surface area contributed by atoms with E-state index < -0.39 is 0 Å². The van der Waals surface area contributed by atoms with E-state index in [4.69, 9.17) is 7.85 Å². The molecule has 0 fully saturated rings. The molecule has 0 aliphatic rings. The predicted octanol–water partition coefficient (Wildman–Crippen LogP) is 2.14. The zero-order valence-corrected chi connectivity index (χ0v) is 11.3. The van der Waals surface area contributed by atoms with Crippen LogP contribution in [-0.2, 0) is 6.42 Å². The van der Waals surface area contributed by atoms with Crippen molar-refractivity contribution >= 4 is 30.5 Å². The number of fused-ring (bicyclic) bond motifs is 1. The summed E-state index contributed by atoms with van der Waals surface area (Å²) in [6.07, 6.45) is 3.14. The van der Waals surface area contributed by atoms with Crippen LogP contribution in [0.2, 0.25) is 0 Å². The van der Waals surface area contributed by atoms with Gasteiger partial charge in [0, 0.05) is 17.1 Å². The maximum atomic E-state index is 11.2. The number of rotatable bonds is 3. The first-order chi connectivity index (χ1) is 10.2. The number of aldehydes is 1. The van der Waals surface area contributed by atoms with Gasteiger partial charge in [0.15, 0.2) is 6.29 Å². The normalized spacial score (nSPS) is 10.7. The van der Waals surface area contributed by atoms with Crippen LogP contribution in [0.5, 0.6) is 5.75 Å². The number of aromatic hydroxyl groups is 1. The van der Waals surface area contributed by atoms with Gasteiger partial charge in [-0.1, -0.05) is 41.9 Å². The number of benzene rings is 2. The SMILES string of the molecule is [B]c1cc(C=O)c2cc(Cc3ccccc3)cnc2c1O. The minimum Gasteiger partial charge on any atom is -0.506 e. The molecule has 1 heterocycles. The van der Waals surface area contributed by atoms with Crippen molar-refractivity contribution in [2.45, 2.75) is 6.42 Å². The van der Waals surface area contributed by atoms with Crippen LogP contribution < -0.4 is 5.46 Å². The molecule has 0 saturated heterocycles. The molecule has 3 aromatic rings. The van der Waals surface area contributed by atoms with Crippen molar-refractivity contribution in [1.82, 2.24) is 4.98 Å². The summed E-state index contributed by atoms with van der Waals surface area (Å²) >= 11 is 0. The van der Waals surface area contributed by atoms with E-state index in [0.717, 1.165) is 17.4 Å². The van der Waals surface area contributed by atoms with E-state index >= 15 is 0 Å². The van der Waals surface area contributed by atoms with Crippen LogP contribution in [-0.4, -0.2) is 24.2 Å². The molecular weight excluding hydrogens is 261 g/mol.